The van der Waals surface area contributed by atoms with Crippen molar-refractivity contribution in [2.24, 2.45) is 0 Å². The molecule has 0 radical (unpaired) electrons. The van der Waals surface area contributed by atoms with Crippen LogP contribution in [0, 0.1) is 12.7 Å². The van der Waals surface area contributed by atoms with Crippen LogP contribution in [0.25, 0.3) is 17.3 Å². The van der Waals surface area contributed by atoms with Crippen LogP contribution in [0.1, 0.15) is 69.1 Å². The second-order valence-corrected chi connectivity index (χ2v) is 12.6. The molecule has 1 amide bonds. The number of carbonyl (C=O) groups excluding carboxylic acids is 1. The molecule has 2 aromatic heterocycles. The molecular weight excluding hydrogens is 584 g/mol. The Morgan fingerprint density at radius 2 is 1.70 bits per heavy atom. The number of carbonyl (C=O) groups is 1. The lowest BCUT2D eigenvalue weighted by atomic mass is 10.0. The first-order chi connectivity index (χ1) is 20.6. The van der Waals surface area contributed by atoms with Crippen molar-refractivity contribution >= 4 is 39.3 Å². The maximum absolute atomic E-state index is 13.7. The molecule has 0 saturated heterocycles. The third kappa shape index (κ3) is 7.94. The fourth-order valence-corrected chi connectivity index (χ4v) is 6.12. The zero-order chi connectivity index (χ0) is 31.7. The number of halogens is 1. The van der Waals surface area contributed by atoms with Gasteiger partial charge in [-0.15, -0.1) is 0 Å². The van der Waals surface area contributed by atoms with Crippen molar-refractivity contribution < 1.29 is 17.6 Å². The molecule has 7 nitrogen and oxygen atoms in total. The highest BCUT2D eigenvalue weighted by Crippen LogP contribution is 2.28. The Labute approximate surface area is 258 Å². The third-order valence-electron chi connectivity index (χ3n) is 6.49. The predicted octanol–water partition coefficient (Wildman–Crippen LogP) is 7.16. The van der Waals surface area contributed by atoms with Crippen LogP contribution < -0.4 is 5.32 Å². The zero-order valence-electron chi connectivity index (χ0n) is 25.5. The van der Waals surface area contributed by atoms with E-state index in [0.29, 0.717) is 44.4 Å². The Kier molecular flexibility index (Phi) is 12.1. The topological polar surface area (TPSA) is 86.0 Å². The molecule has 43 heavy (non-hydrogen) atoms. The summed E-state index contributed by atoms with van der Waals surface area (Å²) < 4.78 is 42.6. The van der Waals surface area contributed by atoms with Gasteiger partial charge >= 0.3 is 0 Å². The van der Waals surface area contributed by atoms with E-state index in [2.05, 4.69) is 30.8 Å². The van der Waals surface area contributed by atoms with Gasteiger partial charge in [0.2, 0.25) is 0 Å². The number of benzene rings is 2. The monoisotopic (exact) mass is 622 g/mol. The Morgan fingerprint density at radius 3 is 2.23 bits per heavy atom. The van der Waals surface area contributed by atoms with Crippen LogP contribution in [0.2, 0.25) is 0 Å². The normalized spacial score (nSPS) is 13.4. The van der Waals surface area contributed by atoms with Gasteiger partial charge in [0.05, 0.1) is 49.9 Å². The van der Waals surface area contributed by atoms with Gasteiger partial charge in [-0.1, -0.05) is 57.5 Å². The summed E-state index contributed by atoms with van der Waals surface area (Å²) in [7, 11) is -2.92. The van der Waals surface area contributed by atoms with E-state index < -0.39 is 27.8 Å². The molecule has 2 unspecified atom stereocenters. The first-order valence-electron chi connectivity index (χ1n) is 14.1. The molecule has 0 aliphatic heterocycles. The molecular formula is C33H39FN4O3S2. The van der Waals surface area contributed by atoms with Gasteiger partial charge in [0, 0.05) is 23.6 Å². The number of hydrogen-bond acceptors (Lipinski definition) is 4. The SMILES string of the molecule is C=Cc1c(/C(=C\C)C(=O)N[C@H](CC)c2cc(S(C)=O)cn2S(=O)c2ccc(C)cc2)cnn1-c1ccc(F)cc1.CCC. The molecule has 3 atom stereocenters. The average molecular weight is 623 g/mol. The molecule has 4 rings (SSSR count). The van der Waals surface area contributed by atoms with E-state index in [4.69, 9.17) is 0 Å². The summed E-state index contributed by atoms with van der Waals surface area (Å²) >= 11 is 0. The number of aromatic nitrogens is 3. The van der Waals surface area contributed by atoms with E-state index in [1.165, 1.54) is 18.6 Å². The number of rotatable bonds is 10. The maximum Gasteiger partial charge on any atom is 0.252 e. The van der Waals surface area contributed by atoms with Crippen LogP contribution in [0.3, 0.4) is 0 Å². The number of nitrogens with zero attached hydrogens (tertiary/aromatic N) is 3. The van der Waals surface area contributed by atoms with E-state index in [0.717, 1.165) is 5.56 Å². The largest absolute Gasteiger partial charge is 0.344 e. The highest BCUT2D eigenvalue weighted by atomic mass is 32.2. The molecule has 0 aliphatic rings. The molecule has 0 saturated carbocycles. The number of nitrogens with one attached hydrogen (secondary N) is 1. The number of allylic oxidation sites excluding steroid dienone is 1. The summed E-state index contributed by atoms with van der Waals surface area (Å²) in [6.07, 6.45) is 9.79. The summed E-state index contributed by atoms with van der Waals surface area (Å²) in [6, 6.07) is 14.4. The molecule has 4 aromatic rings. The molecule has 10 heteroatoms. The Hall–Kier alpha value is -3.89. The summed E-state index contributed by atoms with van der Waals surface area (Å²) in [5.41, 5.74) is 3.77. The van der Waals surface area contributed by atoms with Gasteiger partial charge in [0.15, 0.2) is 11.0 Å². The lowest BCUT2D eigenvalue weighted by molar-refractivity contribution is -0.116. The van der Waals surface area contributed by atoms with Crippen molar-refractivity contribution in [3.05, 3.63) is 108 Å². The Morgan fingerprint density at radius 1 is 1.07 bits per heavy atom. The highest BCUT2D eigenvalue weighted by Gasteiger charge is 2.25. The quantitative estimate of drug-likeness (QED) is 0.190. The first-order valence-corrected chi connectivity index (χ1v) is 16.7. The minimum Gasteiger partial charge on any atom is -0.344 e. The van der Waals surface area contributed by atoms with Crippen LogP contribution in [0.4, 0.5) is 4.39 Å². The third-order valence-corrected chi connectivity index (χ3v) is 8.72. The van der Waals surface area contributed by atoms with E-state index >= 15 is 0 Å². The van der Waals surface area contributed by atoms with Crippen LogP contribution in [0.15, 0.2) is 89.4 Å². The lowest BCUT2D eigenvalue weighted by Gasteiger charge is -2.20. The van der Waals surface area contributed by atoms with Crippen molar-refractivity contribution in [2.45, 2.75) is 63.3 Å². The molecule has 228 valence electrons. The van der Waals surface area contributed by atoms with Crippen LogP contribution in [0.5, 0.6) is 0 Å². The Bertz CT molecular complexity index is 1640. The van der Waals surface area contributed by atoms with Crippen LogP contribution >= 0.6 is 0 Å². The van der Waals surface area contributed by atoms with E-state index in [1.54, 1.807) is 76.7 Å². The van der Waals surface area contributed by atoms with E-state index in [-0.39, 0.29) is 11.7 Å². The van der Waals surface area contributed by atoms with Crippen molar-refractivity contribution in [3.63, 3.8) is 0 Å². The summed E-state index contributed by atoms with van der Waals surface area (Å²) in [5, 5.41) is 7.49. The van der Waals surface area contributed by atoms with Crippen LogP contribution in [-0.4, -0.2) is 34.3 Å². The molecule has 2 aromatic carbocycles. The van der Waals surface area contributed by atoms with Gasteiger partial charge < -0.3 is 5.32 Å². The molecule has 0 spiro atoms. The second kappa shape index (κ2) is 15.5. The summed E-state index contributed by atoms with van der Waals surface area (Å²) in [5.74, 6) is -0.720. The lowest BCUT2D eigenvalue weighted by Crippen LogP contribution is -2.30. The van der Waals surface area contributed by atoms with Crippen molar-refractivity contribution in [1.82, 2.24) is 19.1 Å². The zero-order valence-corrected chi connectivity index (χ0v) is 27.1. The highest BCUT2D eigenvalue weighted by molar-refractivity contribution is 7.84. The fourth-order valence-electron chi connectivity index (χ4n) is 4.34. The first kappa shape index (κ1) is 33.6. The molecule has 0 fully saturated rings. The van der Waals surface area contributed by atoms with Gasteiger partial charge in [-0.05, 0) is 68.8 Å². The number of amides is 1. The van der Waals surface area contributed by atoms with Crippen molar-refractivity contribution in [2.75, 3.05) is 6.26 Å². The van der Waals surface area contributed by atoms with Crippen LogP contribution in [-0.2, 0) is 26.6 Å². The van der Waals surface area contributed by atoms with Crippen molar-refractivity contribution in [3.8, 4) is 5.69 Å². The van der Waals surface area contributed by atoms with Gasteiger partial charge in [0.1, 0.15) is 5.82 Å². The maximum atomic E-state index is 13.7. The van der Waals surface area contributed by atoms with Gasteiger partial charge in [-0.25, -0.2) is 13.3 Å². The average Bonchev–Trinajstić information content (AvgIpc) is 3.62. The minimum atomic E-state index is -1.61. The molecule has 0 aliphatic carbocycles. The minimum absolute atomic E-state index is 0.357. The predicted molar refractivity (Wildman–Crippen MR) is 174 cm³/mol. The molecule has 0 bridgehead atoms. The van der Waals surface area contributed by atoms with Gasteiger partial charge in [0.25, 0.3) is 5.91 Å². The van der Waals surface area contributed by atoms with E-state index in [1.807, 2.05) is 26.0 Å². The number of hydrogen-bond donors (Lipinski definition) is 1. The molecule has 1 N–H and O–H groups in total. The Balaban J connectivity index is 0.00000162. The summed E-state index contributed by atoms with van der Waals surface area (Å²) in [6.45, 7) is 13.8. The van der Waals surface area contributed by atoms with Gasteiger partial charge in [-0.2, -0.15) is 5.10 Å². The second-order valence-electron chi connectivity index (χ2n) is 9.82. The van der Waals surface area contributed by atoms with Gasteiger partial charge in [-0.3, -0.25) is 13.0 Å². The van der Waals surface area contributed by atoms with Crippen molar-refractivity contribution in [1.29, 1.82) is 0 Å². The van der Waals surface area contributed by atoms with E-state index in [9.17, 15) is 17.6 Å². The number of aryl methyl sites for hydroxylation is 1. The fraction of sp³-hybridized carbons (Fsp3) is 0.273. The standard InChI is InChI=1S/C30H31FN4O3S2.C3H8/c1-6-25(26-18-32-35(28(26)8-3)22-13-11-21(31)12-14-22)30(36)33-27(7-2)29-17-24(39(5)37)19-34(29)40(38)23-15-9-20(4)10-16-23;1-3-2/h6,8-19,27H,3,7H2,1-2,4-5H3,(H,33,36);3H2,1-2H3/b25-6+;/t27-,39?,40?;/m1./s1. The smallest absolute Gasteiger partial charge is 0.252 e. The molecule has 2 heterocycles. The summed E-state index contributed by atoms with van der Waals surface area (Å²) in [4.78, 5) is 14.8.